The van der Waals surface area contributed by atoms with Crippen LogP contribution in [0.4, 0.5) is 8.78 Å². The first kappa shape index (κ1) is 10.3. The maximum absolute atomic E-state index is 13.0. The third kappa shape index (κ3) is 1.78. The average molecular weight is 207 g/mol. The Bertz CT molecular complexity index is 326. The monoisotopic (exact) mass is 206 g/mol. The Kier molecular flexibility index (Phi) is 2.54. The number of hydrogen-bond acceptors (Lipinski definition) is 2. The van der Waals surface area contributed by atoms with E-state index in [4.69, 9.17) is 5.73 Å². The van der Waals surface area contributed by atoms with Gasteiger partial charge in [-0.05, 0) is 12.8 Å². The van der Waals surface area contributed by atoms with Crippen LogP contribution in [0.1, 0.15) is 18.5 Å². The Morgan fingerprint density at radius 2 is 2.00 bits per heavy atom. The van der Waals surface area contributed by atoms with Gasteiger partial charge in [-0.2, -0.15) is 0 Å². The molecule has 0 radical (unpaired) electrons. The highest BCUT2D eigenvalue weighted by atomic mass is 35.5. The minimum atomic E-state index is -0.666. The lowest BCUT2D eigenvalue weighted by atomic mass is 10.1. The summed E-state index contributed by atoms with van der Waals surface area (Å²) in [5, 5.41) is 0. The lowest BCUT2D eigenvalue weighted by Crippen LogP contribution is -2.22. The van der Waals surface area contributed by atoms with Crippen LogP contribution in [-0.4, -0.2) is 4.98 Å². The molecule has 1 heterocycles. The van der Waals surface area contributed by atoms with E-state index in [1.54, 1.807) is 0 Å². The Morgan fingerprint density at radius 1 is 1.38 bits per heavy atom. The molecule has 1 aromatic heterocycles. The van der Waals surface area contributed by atoms with Crippen LogP contribution in [0.3, 0.4) is 0 Å². The molecule has 0 bridgehead atoms. The highest BCUT2D eigenvalue weighted by Gasteiger charge is 2.43. The molecule has 1 aliphatic carbocycles. The fourth-order valence-electron chi connectivity index (χ4n) is 1.15. The Labute approximate surface area is 80.6 Å². The Hall–Kier alpha value is -0.740. The van der Waals surface area contributed by atoms with E-state index in [-0.39, 0.29) is 18.1 Å². The van der Waals surface area contributed by atoms with Crippen LogP contribution in [0.5, 0.6) is 0 Å². The third-order valence-corrected chi connectivity index (χ3v) is 2.07. The number of nitrogens with two attached hydrogens (primary N) is 1. The maximum Gasteiger partial charge on any atom is 0.149 e. The van der Waals surface area contributed by atoms with Gasteiger partial charge >= 0.3 is 0 Å². The van der Waals surface area contributed by atoms with Gasteiger partial charge in [-0.25, -0.2) is 8.78 Å². The molecule has 0 aromatic carbocycles. The van der Waals surface area contributed by atoms with E-state index in [0.717, 1.165) is 25.1 Å². The zero-order valence-corrected chi connectivity index (χ0v) is 7.57. The van der Waals surface area contributed by atoms with Crippen molar-refractivity contribution in [3.8, 4) is 0 Å². The second-order valence-corrected chi connectivity index (χ2v) is 3.14. The molecule has 1 fully saturated rings. The predicted octanol–water partition coefficient (Wildman–Crippen LogP) is 1.73. The molecule has 1 saturated carbocycles. The number of aromatic nitrogens is 1. The van der Waals surface area contributed by atoms with Crippen molar-refractivity contribution in [3.63, 3.8) is 0 Å². The van der Waals surface area contributed by atoms with Gasteiger partial charge in [-0.1, -0.05) is 0 Å². The zero-order valence-electron chi connectivity index (χ0n) is 6.76. The third-order valence-electron chi connectivity index (χ3n) is 2.07. The summed E-state index contributed by atoms with van der Waals surface area (Å²) in [6.07, 6.45) is 2.44. The minimum Gasteiger partial charge on any atom is -0.320 e. The van der Waals surface area contributed by atoms with Crippen molar-refractivity contribution >= 4 is 12.4 Å². The summed E-state index contributed by atoms with van der Waals surface area (Å²) in [5.74, 6) is -1.31. The van der Waals surface area contributed by atoms with E-state index in [1.807, 2.05) is 0 Å². The molecule has 13 heavy (non-hydrogen) atoms. The molecule has 72 valence electrons. The van der Waals surface area contributed by atoms with Crippen LogP contribution in [0.2, 0.25) is 0 Å². The number of rotatable bonds is 1. The van der Waals surface area contributed by atoms with Gasteiger partial charge in [0.2, 0.25) is 0 Å². The van der Waals surface area contributed by atoms with Crippen molar-refractivity contribution in [1.82, 2.24) is 4.98 Å². The molecule has 2 N–H and O–H groups in total. The smallest absolute Gasteiger partial charge is 0.149 e. The van der Waals surface area contributed by atoms with Gasteiger partial charge < -0.3 is 5.73 Å². The average Bonchev–Trinajstić information content (AvgIpc) is 2.68. The molecule has 0 unspecified atom stereocenters. The van der Waals surface area contributed by atoms with Gasteiger partial charge in [0.25, 0.3) is 0 Å². The summed E-state index contributed by atoms with van der Waals surface area (Å²) in [7, 11) is 0. The van der Waals surface area contributed by atoms with Crippen LogP contribution in [0, 0.1) is 11.6 Å². The maximum atomic E-state index is 13.0. The topological polar surface area (TPSA) is 38.9 Å². The molecule has 1 aromatic rings. The second-order valence-electron chi connectivity index (χ2n) is 3.14. The van der Waals surface area contributed by atoms with Crippen molar-refractivity contribution in [2.24, 2.45) is 5.73 Å². The lowest BCUT2D eigenvalue weighted by molar-refractivity contribution is 0.532. The van der Waals surface area contributed by atoms with Crippen molar-refractivity contribution < 1.29 is 8.78 Å². The van der Waals surface area contributed by atoms with Crippen LogP contribution in [0.15, 0.2) is 12.3 Å². The second kappa shape index (κ2) is 3.20. The molecule has 5 heteroatoms. The van der Waals surface area contributed by atoms with Gasteiger partial charge in [0.15, 0.2) is 0 Å². The van der Waals surface area contributed by atoms with E-state index in [0.29, 0.717) is 0 Å². The van der Waals surface area contributed by atoms with E-state index in [1.165, 1.54) is 0 Å². The molecule has 0 saturated heterocycles. The van der Waals surface area contributed by atoms with Crippen molar-refractivity contribution in [2.75, 3.05) is 0 Å². The number of halogens is 3. The van der Waals surface area contributed by atoms with Crippen LogP contribution < -0.4 is 5.73 Å². The Morgan fingerprint density at radius 3 is 2.46 bits per heavy atom. The fourth-order valence-corrected chi connectivity index (χ4v) is 1.15. The molecule has 0 atom stereocenters. The van der Waals surface area contributed by atoms with Crippen molar-refractivity contribution in [1.29, 1.82) is 0 Å². The normalized spacial score (nSPS) is 17.8. The molecule has 1 aliphatic rings. The first-order valence-electron chi connectivity index (χ1n) is 3.72. The molecule has 0 spiro atoms. The van der Waals surface area contributed by atoms with Gasteiger partial charge in [0.05, 0.1) is 17.4 Å². The summed E-state index contributed by atoms with van der Waals surface area (Å²) < 4.78 is 25.4. The summed E-state index contributed by atoms with van der Waals surface area (Å²) >= 11 is 0. The zero-order chi connectivity index (χ0) is 8.77. The van der Waals surface area contributed by atoms with Gasteiger partial charge in [-0.3, -0.25) is 4.98 Å². The van der Waals surface area contributed by atoms with Crippen molar-refractivity contribution in [2.45, 2.75) is 18.4 Å². The van der Waals surface area contributed by atoms with E-state index < -0.39 is 17.2 Å². The standard InChI is InChI=1S/C8H8F2N2.ClH/c9-5-3-6(10)7(12-4-5)8(11)1-2-8;/h3-4H,1-2,11H2;1H. The molecular weight excluding hydrogens is 198 g/mol. The Balaban J connectivity index is 0.000000845. The largest absolute Gasteiger partial charge is 0.320 e. The van der Waals surface area contributed by atoms with E-state index in [2.05, 4.69) is 4.98 Å². The van der Waals surface area contributed by atoms with Crippen LogP contribution >= 0.6 is 12.4 Å². The quantitative estimate of drug-likeness (QED) is 0.760. The highest BCUT2D eigenvalue weighted by molar-refractivity contribution is 5.85. The first-order chi connectivity index (χ1) is 5.62. The molecule has 0 amide bonds. The predicted molar refractivity (Wildman–Crippen MR) is 46.5 cm³/mol. The van der Waals surface area contributed by atoms with Crippen molar-refractivity contribution in [3.05, 3.63) is 29.6 Å². The van der Waals surface area contributed by atoms with Gasteiger partial charge in [-0.15, -0.1) is 12.4 Å². The van der Waals surface area contributed by atoms with E-state index >= 15 is 0 Å². The minimum absolute atomic E-state index is 0. The highest BCUT2D eigenvalue weighted by Crippen LogP contribution is 2.42. The van der Waals surface area contributed by atoms with Gasteiger partial charge in [0.1, 0.15) is 11.6 Å². The summed E-state index contributed by atoms with van der Waals surface area (Å²) in [5.41, 5.74) is 5.25. The SMILES string of the molecule is Cl.NC1(c2ncc(F)cc2F)CC1. The van der Waals surface area contributed by atoms with Gasteiger partial charge in [0, 0.05) is 6.07 Å². The van der Waals surface area contributed by atoms with Crippen LogP contribution in [-0.2, 0) is 5.54 Å². The lowest BCUT2D eigenvalue weighted by Gasteiger charge is -2.07. The fraction of sp³-hybridized carbons (Fsp3) is 0.375. The number of hydrogen-bond donors (Lipinski definition) is 1. The number of pyridine rings is 1. The molecular formula is C8H9ClF2N2. The summed E-state index contributed by atoms with van der Waals surface area (Å²) in [4.78, 5) is 3.64. The van der Waals surface area contributed by atoms with Crippen LogP contribution in [0.25, 0.3) is 0 Å². The molecule has 2 rings (SSSR count). The van der Waals surface area contributed by atoms with E-state index in [9.17, 15) is 8.78 Å². The molecule has 0 aliphatic heterocycles. The summed E-state index contributed by atoms with van der Waals surface area (Å²) in [6.45, 7) is 0. The number of nitrogens with zero attached hydrogens (tertiary/aromatic N) is 1. The summed E-state index contributed by atoms with van der Waals surface area (Å²) in [6, 6.07) is 0.815. The first-order valence-corrected chi connectivity index (χ1v) is 3.72. The molecule has 2 nitrogen and oxygen atoms in total.